The molecule has 0 atom stereocenters. The first kappa shape index (κ1) is 18.6. The Kier molecular flexibility index (Phi) is 4.92. The van der Waals surface area contributed by atoms with Gasteiger partial charge in [0.1, 0.15) is 0 Å². The van der Waals surface area contributed by atoms with Crippen molar-refractivity contribution in [1.29, 1.82) is 0 Å². The summed E-state index contributed by atoms with van der Waals surface area (Å²) in [6.07, 6.45) is 1.05. The lowest BCUT2D eigenvalue weighted by atomic mass is 9.98. The summed E-state index contributed by atoms with van der Waals surface area (Å²) in [6.45, 7) is 3.90. The number of nitrogens with zero attached hydrogens (tertiary/aromatic N) is 1. The first-order valence-corrected chi connectivity index (χ1v) is 8.71. The number of halogens is 4. The van der Waals surface area contributed by atoms with Crippen molar-refractivity contribution in [1.82, 2.24) is 4.98 Å². The number of ketones is 1. The molecule has 0 unspecified atom stereocenters. The quantitative estimate of drug-likeness (QED) is 0.496. The predicted molar refractivity (Wildman–Crippen MR) is 92.7 cm³/mol. The van der Waals surface area contributed by atoms with E-state index in [-0.39, 0.29) is 40.0 Å². The first-order valence-electron chi connectivity index (χ1n) is 7.89. The van der Waals surface area contributed by atoms with E-state index in [4.69, 9.17) is 0 Å². The molecular formula is C19H15F4NOS. The third-order valence-corrected chi connectivity index (χ3v) is 5.31. The molecule has 0 saturated heterocycles. The van der Waals surface area contributed by atoms with Crippen LogP contribution in [-0.2, 0) is 6.42 Å². The topological polar surface area (TPSA) is 30.0 Å². The minimum absolute atomic E-state index is 0.0697. The van der Waals surface area contributed by atoms with E-state index in [2.05, 4.69) is 11.6 Å². The van der Waals surface area contributed by atoms with Gasteiger partial charge in [-0.15, -0.1) is 0 Å². The lowest BCUT2D eigenvalue weighted by molar-refractivity contribution is -0.153. The number of rotatable bonds is 5. The van der Waals surface area contributed by atoms with Gasteiger partial charge in [0.15, 0.2) is 5.78 Å². The van der Waals surface area contributed by atoms with Crippen molar-refractivity contribution in [3.8, 4) is 0 Å². The average Bonchev–Trinajstić information content (AvgIpc) is 2.60. The summed E-state index contributed by atoms with van der Waals surface area (Å²) in [5, 5.41) is -4.15. The van der Waals surface area contributed by atoms with E-state index in [1.165, 1.54) is 18.2 Å². The molecule has 1 aromatic carbocycles. The van der Waals surface area contributed by atoms with E-state index in [0.29, 0.717) is 17.7 Å². The molecule has 0 fully saturated rings. The Balaban J connectivity index is 1.71. The second-order valence-corrected chi connectivity index (χ2v) is 7.22. The minimum Gasteiger partial charge on any atom is -0.294 e. The van der Waals surface area contributed by atoms with Crippen LogP contribution in [0.4, 0.5) is 17.6 Å². The molecule has 7 heteroatoms. The second-order valence-electron chi connectivity index (χ2n) is 6.06. The number of benzene rings is 1. The van der Waals surface area contributed by atoms with Gasteiger partial charge in [-0.1, -0.05) is 18.7 Å². The summed E-state index contributed by atoms with van der Waals surface area (Å²) < 4.78 is 54.0. The van der Waals surface area contributed by atoms with Crippen molar-refractivity contribution >= 4 is 23.1 Å². The number of aromatic nitrogens is 1. The standard InChI is InChI=1S/C19H15F4NOS/c1-12(15-4-2-3-9-24-15)5-7-16(25)13-6-8-17-14(10-13)11-18(20,21)19(22,23)26-17/h2-4,6,8-10H,1,5,7,11H2. The number of carbonyl (C=O) groups is 1. The second kappa shape index (κ2) is 6.87. The van der Waals surface area contributed by atoms with Gasteiger partial charge in [-0.2, -0.15) is 17.6 Å². The van der Waals surface area contributed by atoms with E-state index in [0.717, 1.165) is 0 Å². The Labute approximate surface area is 152 Å². The van der Waals surface area contributed by atoms with Crippen LogP contribution in [0.3, 0.4) is 0 Å². The number of hydrogen-bond acceptors (Lipinski definition) is 3. The van der Waals surface area contributed by atoms with Crippen LogP contribution < -0.4 is 0 Å². The number of Topliss-reactive ketones (excluding diaryl/α,β-unsaturated/α-hetero) is 1. The molecule has 0 spiro atoms. The zero-order valence-electron chi connectivity index (χ0n) is 13.6. The molecule has 2 nitrogen and oxygen atoms in total. The van der Waals surface area contributed by atoms with Crippen molar-refractivity contribution in [3.05, 3.63) is 66.0 Å². The molecule has 136 valence electrons. The SMILES string of the molecule is C=C(CCC(=O)c1ccc2c(c1)CC(F)(F)C(F)(F)S2)c1ccccn1. The van der Waals surface area contributed by atoms with E-state index in [1.807, 2.05) is 6.07 Å². The summed E-state index contributed by atoms with van der Waals surface area (Å²) in [5.74, 6) is -4.39. The molecule has 1 aliphatic rings. The zero-order valence-corrected chi connectivity index (χ0v) is 14.5. The summed E-state index contributed by atoms with van der Waals surface area (Å²) in [4.78, 5) is 16.6. The maximum Gasteiger partial charge on any atom is 0.360 e. The normalized spacial score (nSPS) is 17.4. The van der Waals surface area contributed by atoms with Crippen LogP contribution >= 0.6 is 11.8 Å². The van der Waals surface area contributed by atoms with Crippen LogP contribution in [0.5, 0.6) is 0 Å². The predicted octanol–water partition coefficient (Wildman–Crippen LogP) is 5.63. The summed E-state index contributed by atoms with van der Waals surface area (Å²) in [7, 11) is 0. The van der Waals surface area contributed by atoms with Crippen LogP contribution in [0, 0.1) is 0 Å². The lowest BCUT2D eigenvalue weighted by Gasteiger charge is -2.31. The summed E-state index contributed by atoms with van der Waals surface area (Å²) >= 11 is -0.160. The molecule has 0 N–H and O–H groups in total. The Morgan fingerprint density at radius 2 is 1.92 bits per heavy atom. The summed E-state index contributed by atoms with van der Waals surface area (Å²) in [6, 6.07) is 9.36. The van der Waals surface area contributed by atoms with Crippen molar-refractivity contribution in [2.24, 2.45) is 0 Å². The number of hydrogen-bond donors (Lipinski definition) is 0. The van der Waals surface area contributed by atoms with E-state index in [1.54, 1.807) is 18.3 Å². The molecule has 26 heavy (non-hydrogen) atoms. The number of fused-ring (bicyclic) bond motifs is 1. The molecular weight excluding hydrogens is 366 g/mol. The monoisotopic (exact) mass is 381 g/mol. The number of allylic oxidation sites excluding steroid dienone is 1. The number of pyridine rings is 1. The highest BCUT2D eigenvalue weighted by Gasteiger charge is 2.59. The third-order valence-electron chi connectivity index (χ3n) is 4.14. The molecule has 1 aliphatic heterocycles. The van der Waals surface area contributed by atoms with Gasteiger partial charge in [0.2, 0.25) is 0 Å². The zero-order chi connectivity index (χ0) is 18.9. The fourth-order valence-electron chi connectivity index (χ4n) is 2.65. The molecule has 2 aromatic rings. The van der Waals surface area contributed by atoms with Gasteiger partial charge in [0.25, 0.3) is 0 Å². The van der Waals surface area contributed by atoms with Crippen LogP contribution in [0.15, 0.2) is 54.1 Å². The van der Waals surface area contributed by atoms with Gasteiger partial charge in [0.05, 0.1) is 5.69 Å². The van der Waals surface area contributed by atoms with Crippen molar-refractivity contribution in [2.45, 2.75) is 35.3 Å². The highest BCUT2D eigenvalue weighted by atomic mass is 32.2. The first-order chi connectivity index (χ1) is 12.2. The largest absolute Gasteiger partial charge is 0.360 e. The minimum atomic E-state index is -4.15. The summed E-state index contributed by atoms with van der Waals surface area (Å²) in [5.41, 5.74) is 1.68. The molecule has 0 radical (unpaired) electrons. The number of thioether (sulfide) groups is 1. The van der Waals surface area contributed by atoms with Crippen molar-refractivity contribution in [2.75, 3.05) is 0 Å². The molecule has 0 amide bonds. The van der Waals surface area contributed by atoms with Crippen LogP contribution in [-0.4, -0.2) is 21.9 Å². The highest BCUT2D eigenvalue weighted by molar-refractivity contribution is 8.00. The molecule has 0 bridgehead atoms. The van der Waals surface area contributed by atoms with E-state index < -0.39 is 17.6 Å². The fourth-order valence-corrected chi connectivity index (χ4v) is 3.55. The van der Waals surface area contributed by atoms with Crippen LogP contribution in [0.25, 0.3) is 5.57 Å². The molecule has 3 rings (SSSR count). The molecule has 0 saturated carbocycles. The Bertz CT molecular complexity index is 852. The Morgan fingerprint density at radius 3 is 2.62 bits per heavy atom. The fraction of sp³-hybridized carbons (Fsp3) is 0.263. The van der Waals surface area contributed by atoms with E-state index in [9.17, 15) is 22.4 Å². The van der Waals surface area contributed by atoms with E-state index >= 15 is 0 Å². The maximum absolute atomic E-state index is 13.6. The van der Waals surface area contributed by atoms with Gasteiger partial charge < -0.3 is 0 Å². The van der Waals surface area contributed by atoms with Crippen molar-refractivity contribution < 1.29 is 22.4 Å². The third kappa shape index (κ3) is 3.67. The average molecular weight is 381 g/mol. The van der Waals surface area contributed by atoms with Crippen molar-refractivity contribution in [3.63, 3.8) is 0 Å². The Morgan fingerprint density at radius 1 is 1.15 bits per heavy atom. The van der Waals surface area contributed by atoms with Gasteiger partial charge in [0, 0.05) is 29.5 Å². The number of alkyl halides is 4. The Hall–Kier alpha value is -2.15. The highest BCUT2D eigenvalue weighted by Crippen LogP contribution is 2.53. The lowest BCUT2D eigenvalue weighted by Crippen LogP contribution is -2.42. The smallest absolute Gasteiger partial charge is 0.294 e. The van der Waals surface area contributed by atoms with Crippen LogP contribution in [0.2, 0.25) is 0 Å². The van der Waals surface area contributed by atoms with Gasteiger partial charge in [-0.05, 0) is 53.6 Å². The van der Waals surface area contributed by atoms with Gasteiger partial charge in [-0.3, -0.25) is 9.78 Å². The van der Waals surface area contributed by atoms with Crippen LogP contribution in [0.1, 0.15) is 34.5 Å². The maximum atomic E-state index is 13.6. The molecule has 2 heterocycles. The van der Waals surface area contributed by atoms with Gasteiger partial charge in [-0.25, -0.2) is 0 Å². The molecule has 1 aromatic heterocycles. The molecule has 0 aliphatic carbocycles. The van der Waals surface area contributed by atoms with Gasteiger partial charge >= 0.3 is 11.2 Å². The number of carbonyl (C=O) groups excluding carboxylic acids is 1.